The Morgan fingerprint density at radius 3 is 2.06 bits per heavy atom. The van der Waals surface area contributed by atoms with E-state index < -0.39 is 0 Å². The maximum Gasteiger partial charge on any atom is 0.0594 e. The summed E-state index contributed by atoms with van der Waals surface area (Å²) in [4.78, 5) is 5.28. The van der Waals surface area contributed by atoms with Crippen molar-refractivity contribution in [3.05, 3.63) is 0 Å². The van der Waals surface area contributed by atoms with Gasteiger partial charge < -0.3 is 9.64 Å². The van der Waals surface area contributed by atoms with Crippen molar-refractivity contribution in [2.45, 2.75) is 25.7 Å². The number of fused-ring (bicyclic) bond motifs is 1. The normalized spacial score (nSPS) is 36.0. The van der Waals surface area contributed by atoms with Crippen molar-refractivity contribution in [1.29, 1.82) is 0 Å². The van der Waals surface area contributed by atoms with Crippen molar-refractivity contribution in [1.82, 2.24) is 9.80 Å². The van der Waals surface area contributed by atoms with Crippen molar-refractivity contribution in [2.75, 3.05) is 52.5 Å². The molecule has 2 unspecified atom stereocenters. The van der Waals surface area contributed by atoms with E-state index in [0.717, 1.165) is 38.1 Å². The first-order chi connectivity index (χ1) is 8.42. The van der Waals surface area contributed by atoms with Gasteiger partial charge in [-0.3, -0.25) is 4.90 Å². The summed E-state index contributed by atoms with van der Waals surface area (Å²) in [7, 11) is 0. The number of ether oxygens (including phenoxy) is 1. The zero-order valence-electron chi connectivity index (χ0n) is 10.9. The molecule has 0 N–H and O–H groups in total. The molecule has 3 aliphatic rings. The molecular formula is C14H26N2O. The van der Waals surface area contributed by atoms with Crippen LogP contribution in [0.3, 0.4) is 0 Å². The lowest BCUT2D eigenvalue weighted by Gasteiger charge is -2.28. The third kappa shape index (κ3) is 3.01. The van der Waals surface area contributed by atoms with Gasteiger partial charge >= 0.3 is 0 Å². The fraction of sp³-hybridized carbons (Fsp3) is 1.00. The molecular weight excluding hydrogens is 212 g/mol. The minimum atomic E-state index is 0.936. The van der Waals surface area contributed by atoms with Crippen LogP contribution in [0.4, 0.5) is 0 Å². The molecule has 3 rings (SSSR count). The number of hydrogen-bond donors (Lipinski definition) is 0. The molecule has 0 aromatic carbocycles. The van der Waals surface area contributed by atoms with Gasteiger partial charge in [0, 0.05) is 39.3 Å². The van der Waals surface area contributed by atoms with Gasteiger partial charge in [0.05, 0.1) is 13.2 Å². The predicted octanol–water partition coefficient (Wildman–Crippen LogP) is 1.44. The van der Waals surface area contributed by atoms with Crippen LogP contribution in [0.5, 0.6) is 0 Å². The molecule has 17 heavy (non-hydrogen) atoms. The van der Waals surface area contributed by atoms with Crippen molar-refractivity contribution >= 4 is 0 Å². The molecule has 2 atom stereocenters. The fourth-order valence-corrected chi connectivity index (χ4v) is 3.79. The van der Waals surface area contributed by atoms with Crippen molar-refractivity contribution < 1.29 is 4.74 Å². The Bertz CT molecular complexity index is 226. The lowest BCUT2D eigenvalue weighted by atomic mass is 9.82. The van der Waals surface area contributed by atoms with Gasteiger partial charge in [0.15, 0.2) is 0 Å². The van der Waals surface area contributed by atoms with Gasteiger partial charge in [-0.05, 0) is 24.7 Å². The molecule has 2 heterocycles. The van der Waals surface area contributed by atoms with Crippen LogP contribution < -0.4 is 0 Å². The Kier molecular flexibility index (Phi) is 3.99. The van der Waals surface area contributed by atoms with E-state index in [1.54, 1.807) is 0 Å². The molecule has 98 valence electrons. The van der Waals surface area contributed by atoms with Gasteiger partial charge in [0.1, 0.15) is 0 Å². The third-order valence-corrected chi connectivity index (χ3v) is 4.89. The second kappa shape index (κ2) is 5.68. The summed E-state index contributed by atoms with van der Waals surface area (Å²) in [5.74, 6) is 2.07. The zero-order chi connectivity index (χ0) is 11.5. The fourth-order valence-electron chi connectivity index (χ4n) is 3.79. The first-order valence-electron chi connectivity index (χ1n) is 7.44. The van der Waals surface area contributed by atoms with E-state index in [1.807, 2.05) is 0 Å². The molecule has 0 aromatic rings. The maximum atomic E-state index is 5.39. The Hall–Kier alpha value is -0.120. The van der Waals surface area contributed by atoms with Crippen LogP contribution in [-0.4, -0.2) is 62.3 Å². The van der Waals surface area contributed by atoms with Crippen molar-refractivity contribution in [3.63, 3.8) is 0 Å². The van der Waals surface area contributed by atoms with E-state index in [0.29, 0.717) is 0 Å². The lowest BCUT2D eigenvalue weighted by Crippen LogP contribution is -2.41. The van der Waals surface area contributed by atoms with Crippen molar-refractivity contribution in [3.8, 4) is 0 Å². The van der Waals surface area contributed by atoms with E-state index in [2.05, 4.69) is 9.80 Å². The van der Waals surface area contributed by atoms with E-state index in [-0.39, 0.29) is 0 Å². The van der Waals surface area contributed by atoms with Crippen molar-refractivity contribution in [2.24, 2.45) is 11.8 Å². The van der Waals surface area contributed by atoms with Crippen LogP contribution in [0.1, 0.15) is 25.7 Å². The minimum Gasteiger partial charge on any atom is -0.379 e. The van der Waals surface area contributed by atoms with Gasteiger partial charge in [0.2, 0.25) is 0 Å². The second-order valence-electron chi connectivity index (χ2n) is 6.02. The Labute approximate surface area is 105 Å². The standard InChI is InChI=1S/C14H26N2O/c1-2-4-14-12-16(11-13(14)3-1)6-5-15-7-9-17-10-8-15/h13-14H,1-12H2. The summed E-state index contributed by atoms with van der Waals surface area (Å²) in [6, 6.07) is 0. The highest BCUT2D eigenvalue weighted by molar-refractivity contribution is 4.87. The molecule has 1 aliphatic carbocycles. The molecule has 0 bridgehead atoms. The van der Waals surface area contributed by atoms with Crippen LogP contribution >= 0.6 is 0 Å². The first kappa shape index (κ1) is 11.9. The summed E-state index contributed by atoms with van der Waals surface area (Å²) >= 11 is 0. The highest BCUT2D eigenvalue weighted by atomic mass is 16.5. The molecule has 0 amide bonds. The minimum absolute atomic E-state index is 0.936. The smallest absolute Gasteiger partial charge is 0.0594 e. The van der Waals surface area contributed by atoms with Crippen LogP contribution in [0.2, 0.25) is 0 Å². The van der Waals surface area contributed by atoms with E-state index >= 15 is 0 Å². The van der Waals surface area contributed by atoms with Gasteiger partial charge in [-0.15, -0.1) is 0 Å². The maximum absolute atomic E-state index is 5.39. The topological polar surface area (TPSA) is 15.7 Å². The summed E-state index contributed by atoms with van der Waals surface area (Å²) in [5, 5.41) is 0. The van der Waals surface area contributed by atoms with E-state index in [1.165, 1.54) is 51.9 Å². The van der Waals surface area contributed by atoms with Gasteiger partial charge in [-0.2, -0.15) is 0 Å². The summed E-state index contributed by atoms with van der Waals surface area (Å²) in [6.07, 6.45) is 5.97. The quantitative estimate of drug-likeness (QED) is 0.740. The molecule has 3 nitrogen and oxygen atoms in total. The Balaban J connectivity index is 1.40. The molecule has 2 saturated heterocycles. The highest BCUT2D eigenvalue weighted by Gasteiger charge is 2.33. The largest absolute Gasteiger partial charge is 0.379 e. The molecule has 0 radical (unpaired) electrons. The molecule has 3 heteroatoms. The number of likely N-dealkylation sites (tertiary alicyclic amines) is 1. The summed E-state index contributed by atoms with van der Waals surface area (Å²) in [5.41, 5.74) is 0. The SMILES string of the molecule is C1CCC2CN(CCN3CCOCC3)CC2C1. The third-order valence-electron chi connectivity index (χ3n) is 4.89. The van der Waals surface area contributed by atoms with Gasteiger partial charge in [-0.1, -0.05) is 12.8 Å². The molecule has 2 aliphatic heterocycles. The molecule has 0 spiro atoms. The van der Waals surface area contributed by atoms with Gasteiger partial charge in [-0.25, -0.2) is 0 Å². The van der Waals surface area contributed by atoms with E-state index in [9.17, 15) is 0 Å². The average molecular weight is 238 g/mol. The zero-order valence-corrected chi connectivity index (χ0v) is 10.9. The molecule has 1 saturated carbocycles. The number of rotatable bonds is 3. The average Bonchev–Trinajstić information content (AvgIpc) is 2.80. The van der Waals surface area contributed by atoms with Crippen LogP contribution in [-0.2, 0) is 4.74 Å². The highest BCUT2D eigenvalue weighted by Crippen LogP contribution is 2.35. The van der Waals surface area contributed by atoms with Crippen LogP contribution in [0.25, 0.3) is 0 Å². The van der Waals surface area contributed by atoms with Gasteiger partial charge in [0.25, 0.3) is 0 Å². The summed E-state index contributed by atoms with van der Waals surface area (Å²) < 4.78 is 5.39. The monoisotopic (exact) mass is 238 g/mol. The predicted molar refractivity (Wildman–Crippen MR) is 69.1 cm³/mol. The second-order valence-corrected chi connectivity index (χ2v) is 6.02. The first-order valence-corrected chi connectivity index (χ1v) is 7.44. The number of hydrogen-bond acceptors (Lipinski definition) is 3. The van der Waals surface area contributed by atoms with E-state index in [4.69, 9.17) is 4.74 Å². The Morgan fingerprint density at radius 2 is 1.41 bits per heavy atom. The molecule has 0 aromatic heterocycles. The lowest BCUT2D eigenvalue weighted by molar-refractivity contribution is 0.0342. The van der Waals surface area contributed by atoms with Crippen LogP contribution in [0, 0.1) is 11.8 Å². The molecule has 3 fully saturated rings. The summed E-state index contributed by atoms with van der Waals surface area (Å²) in [6.45, 7) is 9.46. The number of morpholine rings is 1. The van der Waals surface area contributed by atoms with Crippen LogP contribution in [0.15, 0.2) is 0 Å². The Morgan fingerprint density at radius 1 is 0.824 bits per heavy atom. The number of nitrogens with zero attached hydrogens (tertiary/aromatic N) is 2.